The minimum absolute atomic E-state index is 0.00707. The number of methoxy groups -OCH3 is 2. The van der Waals surface area contributed by atoms with Crippen LogP contribution in [0.15, 0.2) is 18.2 Å². The van der Waals surface area contributed by atoms with Gasteiger partial charge in [-0.05, 0) is 74.0 Å². The first-order valence-corrected chi connectivity index (χ1v) is 19.4. The second-order valence-corrected chi connectivity index (χ2v) is 16.2. The molecule has 0 radical (unpaired) electrons. The van der Waals surface area contributed by atoms with E-state index in [2.05, 4.69) is 13.8 Å². The summed E-state index contributed by atoms with van der Waals surface area (Å²) in [5, 5.41) is 7.12. The summed E-state index contributed by atoms with van der Waals surface area (Å²) in [6, 6.07) is 5.49. The van der Waals surface area contributed by atoms with Crippen LogP contribution < -0.4 is 20.9 Å². The number of rotatable bonds is 22. The number of nitrogens with zero attached hydrogens (tertiary/aromatic N) is 1. The van der Waals surface area contributed by atoms with Crippen molar-refractivity contribution in [1.82, 2.24) is 4.90 Å². The second-order valence-electron chi connectivity index (χ2n) is 16.2. The zero-order valence-electron chi connectivity index (χ0n) is 34.9. The molecule has 2 aliphatic rings. The Labute approximate surface area is 338 Å². The number of carboxylic acids is 1. The van der Waals surface area contributed by atoms with Crippen LogP contribution in [-0.2, 0) is 44.5 Å². The van der Waals surface area contributed by atoms with Crippen molar-refractivity contribution in [1.29, 1.82) is 0 Å². The molecule has 3 rings (SSSR count). The Morgan fingerprint density at radius 2 is 1.62 bits per heavy atom. The van der Waals surface area contributed by atoms with E-state index in [4.69, 9.17) is 49.8 Å². The number of nitrogens with two attached hydrogens (primary N) is 2. The molecule has 0 unspecified atom stereocenters. The molecule has 1 aliphatic carbocycles. The molecule has 1 saturated heterocycles. The number of Topliss-reactive ketones (excluding diaryl/α,β-unsaturated/α-hetero) is 1. The number of hydrogen-bond acceptors (Lipinski definition) is 12. The summed E-state index contributed by atoms with van der Waals surface area (Å²) in [6.07, 6.45) is -2.23. The molecule has 1 saturated carbocycles. The highest BCUT2D eigenvalue weighted by Gasteiger charge is 2.48. The molecule has 4 atom stereocenters. The molecule has 330 valence electrons. The first kappa shape index (κ1) is 50.0. The van der Waals surface area contributed by atoms with E-state index in [0.717, 1.165) is 12.0 Å². The minimum Gasteiger partial charge on any atom is -0.493 e. The van der Waals surface area contributed by atoms with E-state index in [1.54, 1.807) is 28.1 Å². The lowest BCUT2D eigenvalue weighted by Crippen LogP contribution is -2.44. The Balaban J connectivity index is 0.00000151. The van der Waals surface area contributed by atoms with E-state index in [-0.39, 0.29) is 42.6 Å². The molecule has 1 heterocycles. The van der Waals surface area contributed by atoms with Crippen molar-refractivity contribution < 1.29 is 70.7 Å². The lowest BCUT2D eigenvalue weighted by molar-refractivity contribution is -0.192. The van der Waals surface area contributed by atoms with Crippen LogP contribution in [0.4, 0.5) is 18.0 Å². The lowest BCUT2D eigenvalue weighted by atomic mass is 9.78. The van der Waals surface area contributed by atoms with Gasteiger partial charge in [0.15, 0.2) is 11.5 Å². The molecular weight excluding hydrogens is 771 g/mol. The predicted molar refractivity (Wildman–Crippen MR) is 204 cm³/mol. The van der Waals surface area contributed by atoms with Crippen LogP contribution in [0, 0.1) is 29.1 Å². The van der Waals surface area contributed by atoms with Gasteiger partial charge in [-0.2, -0.15) is 13.2 Å². The fraction of sp³-hybridized carbons (Fsp3) is 0.725. The largest absolute Gasteiger partial charge is 0.493 e. The number of halogens is 3. The van der Waals surface area contributed by atoms with E-state index >= 15 is 0 Å². The lowest BCUT2D eigenvalue weighted by Gasteiger charge is -2.33. The summed E-state index contributed by atoms with van der Waals surface area (Å²) >= 11 is 0. The van der Waals surface area contributed by atoms with Crippen molar-refractivity contribution in [3.05, 3.63) is 23.8 Å². The first-order chi connectivity index (χ1) is 27.0. The normalized spacial score (nSPS) is 18.5. The molecule has 1 aliphatic heterocycles. The van der Waals surface area contributed by atoms with E-state index < -0.39 is 60.0 Å². The van der Waals surface area contributed by atoms with Crippen LogP contribution in [0.1, 0.15) is 92.1 Å². The zero-order valence-corrected chi connectivity index (χ0v) is 34.9. The van der Waals surface area contributed by atoms with Crippen LogP contribution in [-0.4, -0.2) is 105 Å². The van der Waals surface area contributed by atoms with E-state index in [9.17, 15) is 32.3 Å². The number of ether oxygens (including phenoxy) is 6. The van der Waals surface area contributed by atoms with Crippen molar-refractivity contribution >= 4 is 29.7 Å². The molecule has 15 nitrogen and oxygen atoms in total. The van der Waals surface area contributed by atoms with Crippen molar-refractivity contribution in [3.63, 3.8) is 0 Å². The van der Waals surface area contributed by atoms with Crippen LogP contribution >= 0.6 is 0 Å². The maximum absolute atomic E-state index is 13.6. The van der Waals surface area contributed by atoms with Crippen LogP contribution in [0.25, 0.3) is 0 Å². The van der Waals surface area contributed by atoms with Crippen molar-refractivity contribution in [3.8, 4) is 11.5 Å². The molecule has 58 heavy (non-hydrogen) atoms. The average molecular weight is 834 g/mol. The predicted octanol–water partition coefficient (Wildman–Crippen LogP) is 5.63. The van der Waals surface area contributed by atoms with E-state index in [1.807, 2.05) is 32.0 Å². The topological polar surface area (TPSA) is 216 Å². The highest BCUT2D eigenvalue weighted by atomic mass is 19.4. The van der Waals surface area contributed by atoms with Gasteiger partial charge in [0.2, 0.25) is 12.7 Å². The summed E-state index contributed by atoms with van der Waals surface area (Å²) in [5.41, 5.74) is 10.7. The van der Waals surface area contributed by atoms with Crippen LogP contribution in [0.2, 0.25) is 0 Å². The van der Waals surface area contributed by atoms with Crippen LogP contribution in [0.5, 0.6) is 11.5 Å². The number of alkyl halides is 3. The molecule has 0 aromatic heterocycles. The van der Waals surface area contributed by atoms with Gasteiger partial charge in [-0.15, -0.1) is 0 Å². The summed E-state index contributed by atoms with van der Waals surface area (Å²) in [7, 11) is 3.26. The van der Waals surface area contributed by atoms with Crippen molar-refractivity contribution in [2.75, 3.05) is 41.0 Å². The summed E-state index contributed by atoms with van der Waals surface area (Å²) < 4.78 is 65.3. The first-order valence-electron chi connectivity index (χ1n) is 19.4. The number of carbonyl (C=O) groups is 5. The molecule has 1 aromatic rings. The Morgan fingerprint density at radius 1 is 0.983 bits per heavy atom. The third-order valence-corrected chi connectivity index (χ3v) is 10.6. The molecule has 1 aromatic carbocycles. The van der Waals surface area contributed by atoms with Gasteiger partial charge >= 0.3 is 24.2 Å². The number of esters is 1. The van der Waals surface area contributed by atoms with Gasteiger partial charge in [0.25, 0.3) is 0 Å². The van der Waals surface area contributed by atoms with Crippen molar-refractivity contribution in [2.24, 2.45) is 40.6 Å². The van der Waals surface area contributed by atoms with Gasteiger partial charge < -0.3 is 45.0 Å². The van der Waals surface area contributed by atoms with Gasteiger partial charge in [-0.1, -0.05) is 47.6 Å². The highest BCUT2D eigenvalue weighted by Crippen LogP contribution is 2.37. The van der Waals surface area contributed by atoms with Gasteiger partial charge in [0.1, 0.15) is 18.1 Å². The Kier molecular flexibility index (Phi) is 19.2. The maximum Gasteiger partial charge on any atom is 0.490 e. The third kappa shape index (κ3) is 15.5. The third-order valence-electron chi connectivity index (χ3n) is 10.6. The fourth-order valence-corrected chi connectivity index (χ4v) is 6.29. The molecular formula is C40H62F3N3O12. The molecule has 18 heteroatoms. The Morgan fingerprint density at radius 3 is 2.14 bits per heavy atom. The molecule has 2 fully saturated rings. The van der Waals surface area contributed by atoms with Gasteiger partial charge in [0, 0.05) is 37.9 Å². The number of primary amides is 1. The standard InChI is InChI=1S/C38H61N3O10.C2HF3O2/c1-24(2)27(18-26-10-11-31(47-8)33(19-26)48-17-9-16-46-7)20-29-32(21-28(25(3)4)30(42)12-13-37(5,6)34(39)43)49-22-41(29)36(45)51-23-50-35(44)38(40)14-15-38;3-2(4,5)1(6)7/h10-11,19,24-25,27-29,32H,9,12-18,20-23,40H2,1-8H3,(H2,39,43);(H,6,7)/t27-,28-,29-,32-;/m0./s1. The molecule has 5 N–H and O–H groups in total. The number of ketones is 1. The van der Waals surface area contributed by atoms with Gasteiger partial charge in [-0.25, -0.2) is 14.4 Å². The fourth-order valence-electron chi connectivity index (χ4n) is 6.29. The monoisotopic (exact) mass is 833 g/mol. The highest BCUT2D eigenvalue weighted by molar-refractivity contribution is 5.84. The Hall–Kier alpha value is -4.16. The number of carboxylic acid groups (broad SMARTS) is 1. The van der Waals surface area contributed by atoms with Crippen LogP contribution in [0.3, 0.4) is 0 Å². The number of hydrogen-bond donors (Lipinski definition) is 3. The summed E-state index contributed by atoms with van der Waals surface area (Å²) in [5.74, 6) is -2.54. The van der Waals surface area contributed by atoms with Crippen molar-refractivity contribution in [2.45, 2.75) is 117 Å². The number of carbonyl (C=O) groups excluding carboxylic acids is 4. The smallest absolute Gasteiger partial charge is 0.490 e. The zero-order chi connectivity index (χ0) is 44.0. The van der Waals surface area contributed by atoms with Gasteiger partial charge in [-0.3, -0.25) is 14.5 Å². The summed E-state index contributed by atoms with van der Waals surface area (Å²) in [4.78, 5) is 61.7. The van der Waals surface area contributed by atoms with Gasteiger partial charge in [0.05, 0.1) is 25.9 Å². The quantitative estimate of drug-likeness (QED) is 0.0735. The van der Waals surface area contributed by atoms with E-state index in [1.165, 1.54) is 4.90 Å². The maximum atomic E-state index is 13.6. The molecule has 2 amide bonds. The SMILES string of the molecule is COCCCOc1cc(C[C@@H](C[C@H]2[C@H](C[C@H](C(=O)CCC(C)(C)C(N)=O)C(C)C)OCN2C(=O)OCOC(=O)C2(N)CC2)C(C)C)ccc1OC.O=C(O)C(F)(F)F. The number of aliphatic carboxylic acids is 1. The van der Waals surface area contributed by atoms with E-state index in [0.29, 0.717) is 63.2 Å². The minimum atomic E-state index is -5.08. The number of amides is 2. The molecule has 0 spiro atoms. The Bertz CT molecular complexity index is 1530. The average Bonchev–Trinajstić information content (AvgIpc) is 3.78. The summed E-state index contributed by atoms with van der Waals surface area (Å²) in [6.45, 7) is 12.2. The second kappa shape index (κ2) is 22.3. The number of benzene rings is 1. The molecule has 0 bridgehead atoms.